The molecule has 0 radical (unpaired) electrons. The third kappa shape index (κ3) is 6.11. The van der Waals surface area contributed by atoms with Gasteiger partial charge in [-0.05, 0) is 49.5 Å². The molecule has 0 aliphatic carbocycles. The van der Waals surface area contributed by atoms with Gasteiger partial charge >= 0.3 is 0 Å². The molecule has 1 fully saturated rings. The van der Waals surface area contributed by atoms with E-state index >= 15 is 0 Å². The van der Waals surface area contributed by atoms with Gasteiger partial charge in [-0.1, -0.05) is 23.7 Å². The first-order valence-electron chi connectivity index (χ1n) is 8.07. The van der Waals surface area contributed by atoms with Crippen LogP contribution in [0, 0.1) is 5.92 Å². The molecule has 0 bridgehead atoms. The minimum absolute atomic E-state index is 0.129. The molecular formula is C17H26ClN3O2. The quantitative estimate of drug-likeness (QED) is 0.792. The summed E-state index contributed by atoms with van der Waals surface area (Å²) < 4.78 is 4.89. The van der Waals surface area contributed by atoms with Crippen LogP contribution >= 0.6 is 11.6 Å². The number of rotatable bonds is 7. The van der Waals surface area contributed by atoms with Crippen LogP contribution in [0.1, 0.15) is 18.4 Å². The molecule has 5 nitrogen and oxygen atoms in total. The molecule has 0 spiro atoms. The second kappa shape index (κ2) is 9.23. The van der Waals surface area contributed by atoms with Crippen molar-refractivity contribution in [3.05, 3.63) is 34.9 Å². The van der Waals surface area contributed by atoms with E-state index in [-0.39, 0.29) is 12.5 Å². The fourth-order valence-electron chi connectivity index (χ4n) is 2.83. The Morgan fingerprint density at radius 1 is 1.39 bits per heavy atom. The summed E-state index contributed by atoms with van der Waals surface area (Å²) in [7, 11) is 1.55. The van der Waals surface area contributed by atoms with Gasteiger partial charge in [0.15, 0.2) is 0 Å². The van der Waals surface area contributed by atoms with Crippen molar-refractivity contribution in [2.24, 2.45) is 11.7 Å². The SMILES string of the molecule is COC[C@H](N)C(=O)NCC1CCN(Cc2ccc(Cl)cc2)CC1. The number of amides is 1. The minimum Gasteiger partial charge on any atom is -0.383 e. The van der Waals surface area contributed by atoms with E-state index in [0.717, 1.165) is 37.5 Å². The van der Waals surface area contributed by atoms with Crippen LogP contribution in [-0.4, -0.2) is 50.2 Å². The Morgan fingerprint density at radius 3 is 2.65 bits per heavy atom. The number of hydrogen-bond donors (Lipinski definition) is 2. The zero-order valence-electron chi connectivity index (χ0n) is 13.6. The highest BCUT2D eigenvalue weighted by molar-refractivity contribution is 6.30. The fraction of sp³-hybridized carbons (Fsp3) is 0.588. The van der Waals surface area contributed by atoms with E-state index in [0.29, 0.717) is 12.5 Å². The maximum atomic E-state index is 11.8. The number of halogens is 1. The lowest BCUT2D eigenvalue weighted by Gasteiger charge is -2.32. The summed E-state index contributed by atoms with van der Waals surface area (Å²) in [5.41, 5.74) is 6.99. The van der Waals surface area contributed by atoms with Crippen LogP contribution in [0.4, 0.5) is 0 Å². The first kappa shape index (κ1) is 18.2. The largest absolute Gasteiger partial charge is 0.383 e. The van der Waals surface area contributed by atoms with Gasteiger partial charge in [0.25, 0.3) is 0 Å². The first-order chi connectivity index (χ1) is 11.1. The highest BCUT2D eigenvalue weighted by atomic mass is 35.5. The molecule has 1 saturated heterocycles. The first-order valence-corrected chi connectivity index (χ1v) is 8.45. The zero-order chi connectivity index (χ0) is 16.7. The second-order valence-electron chi connectivity index (χ2n) is 6.15. The number of nitrogens with zero attached hydrogens (tertiary/aromatic N) is 1. The molecule has 1 aromatic carbocycles. The Hall–Kier alpha value is -1.14. The average molecular weight is 340 g/mol. The molecule has 0 saturated carbocycles. The van der Waals surface area contributed by atoms with Crippen LogP contribution in [0.5, 0.6) is 0 Å². The predicted molar refractivity (Wildman–Crippen MR) is 92.3 cm³/mol. The molecule has 1 aromatic rings. The standard InChI is InChI=1S/C17H26ClN3O2/c1-23-12-16(19)17(22)20-10-13-6-8-21(9-7-13)11-14-2-4-15(18)5-3-14/h2-5,13,16H,6-12,19H2,1H3,(H,20,22)/t16-/m0/s1. The summed E-state index contributed by atoms with van der Waals surface area (Å²) in [6.07, 6.45) is 2.18. The number of nitrogens with one attached hydrogen (secondary N) is 1. The van der Waals surface area contributed by atoms with Gasteiger partial charge in [-0.3, -0.25) is 9.69 Å². The van der Waals surface area contributed by atoms with E-state index in [1.165, 1.54) is 5.56 Å². The summed E-state index contributed by atoms with van der Waals surface area (Å²) in [5.74, 6) is 0.394. The summed E-state index contributed by atoms with van der Waals surface area (Å²) in [5, 5.41) is 3.70. The maximum absolute atomic E-state index is 11.8. The molecule has 128 valence electrons. The van der Waals surface area contributed by atoms with Crippen LogP contribution < -0.4 is 11.1 Å². The van der Waals surface area contributed by atoms with Gasteiger partial charge in [0.2, 0.25) is 5.91 Å². The normalized spacial score (nSPS) is 17.9. The summed E-state index contributed by atoms with van der Waals surface area (Å²) >= 11 is 5.91. The van der Waals surface area contributed by atoms with Crippen LogP contribution in [0.25, 0.3) is 0 Å². The highest BCUT2D eigenvalue weighted by Gasteiger charge is 2.21. The lowest BCUT2D eigenvalue weighted by molar-refractivity contribution is -0.123. The Labute approximate surface area is 143 Å². The number of nitrogens with two attached hydrogens (primary N) is 1. The number of benzene rings is 1. The molecule has 1 heterocycles. The van der Waals surface area contributed by atoms with Gasteiger partial charge < -0.3 is 15.8 Å². The third-order valence-electron chi connectivity index (χ3n) is 4.27. The number of likely N-dealkylation sites (tertiary alicyclic amines) is 1. The number of carbonyl (C=O) groups is 1. The van der Waals surface area contributed by atoms with Gasteiger partial charge in [0.1, 0.15) is 6.04 Å². The van der Waals surface area contributed by atoms with E-state index in [1.54, 1.807) is 7.11 Å². The lowest BCUT2D eigenvalue weighted by Crippen LogP contribution is -2.46. The zero-order valence-corrected chi connectivity index (χ0v) is 14.4. The Balaban J connectivity index is 1.67. The van der Waals surface area contributed by atoms with Crippen molar-refractivity contribution in [2.75, 3.05) is 33.4 Å². The monoisotopic (exact) mass is 339 g/mol. The van der Waals surface area contributed by atoms with Gasteiger partial charge in [0, 0.05) is 25.2 Å². The van der Waals surface area contributed by atoms with Crippen LogP contribution in [0.15, 0.2) is 24.3 Å². The molecule has 1 amide bonds. The van der Waals surface area contributed by atoms with Crippen LogP contribution in [0.3, 0.4) is 0 Å². The van der Waals surface area contributed by atoms with Crippen molar-refractivity contribution in [1.82, 2.24) is 10.2 Å². The lowest BCUT2D eigenvalue weighted by atomic mass is 9.96. The molecule has 2 rings (SSSR count). The van der Waals surface area contributed by atoms with Gasteiger partial charge in [0.05, 0.1) is 6.61 Å². The molecule has 0 unspecified atom stereocenters. The molecule has 1 atom stereocenters. The molecular weight excluding hydrogens is 314 g/mol. The van der Waals surface area contributed by atoms with E-state index in [1.807, 2.05) is 12.1 Å². The Morgan fingerprint density at radius 2 is 2.04 bits per heavy atom. The second-order valence-corrected chi connectivity index (χ2v) is 6.59. The minimum atomic E-state index is -0.579. The maximum Gasteiger partial charge on any atom is 0.239 e. The predicted octanol–water partition coefficient (Wildman–Crippen LogP) is 1.64. The van der Waals surface area contributed by atoms with Crippen molar-refractivity contribution in [1.29, 1.82) is 0 Å². The number of carbonyl (C=O) groups excluding carboxylic acids is 1. The average Bonchev–Trinajstić information content (AvgIpc) is 2.56. The molecule has 1 aliphatic heterocycles. The highest BCUT2D eigenvalue weighted by Crippen LogP contribution is 2.19. The van der Waals surface area contributed by atoms with Crippen LogP contribution in [0.2, 0.25) is 5.02 Å². The van der Waals surface area contributed by atoms with Gasteiger partial charge in [-0.2, -0.15) is 0 Å². The van der Waals surface area contributed by atoms with E-state index in [4.69, 9.17) is 22.1 Å². The number of hydrogen-bond acceptors (Lipinski definition) is 4. The van der Waals surface area contributed by atoms with Crippen LogP contribution in [-0.2, 0) is 16.1 Å². The summed E-state index contributed by atoms with van der Waals surface area (Å²) in [6.45, 7) is 4.01. The molecule has 3 N–H and O–H groups in total. The number of piperidine rings is 1. The van der Waals surface area contributed by atoms with E-state index < -0.39 is 6.04 Å². The Bertz CT molecular complexity index is 487. The Kier molecular flexibility index (Phi) is 7.30. The molecule has 6 heteroatoms. The topological polar surface area (TPSA) is 67.6 Å². The van der Waals surface area contributed by atoms with Crippen molar-refractivity contribution in [3.63, 3.8) is 0 Å². The van der Waals surface area contributed by atoms with Crippen molar-refractivity contribution >= 4 is 17.5 Å². The van der Waals surface area contributed by atoms with Gasteiger partial charge in [-0.15, -0.1) is 0 Å². The fourth-order valence-corrected chi connectivity index (χ4v) is 2.95. The summed E-state index contributed by atoms with van der Waals surface area (Å²) in [4.78, 5) is 14.2. The van der Waals surface area contributed by atoms with Crippen molar-refractivity contribution < 1.29 is 9.53 Å². The summed E-state index contributed by atoms with van der Waals surface area (Å²) in [6, 6.07) is 7.44. The van der Waals surface area contributed by atoms with E-state index in [9.17, 15) is 4.79 Å². The molecule has 23 heavy (non-hydrogen) atoms. The van der Waals surface area contributed by atoms with Gasteiger partial charge in [-0.25, -0.2) is 0 Å². The molecule has 0 aromatic heterocycles. The van der Waals surface area contributed by atoms with Crippen molar-refractivity contribution in [2.45, 2.75) is 25.4 Å². The smallest absolute Gasteiger partial charge is 0.239 e. The number of methoxy groups -OCH3 is 1. The third-order valence-corrected chi connectivity index (χ3v) is 4.53. The number of ether oxygens (including phenoxy) is 1. The van der Waals surface area contributed by atoms with Crippen molar-refractivity contribution in [3.8, 4) is 0 Å². The molecule has 1 aliphatic rings. The van der Waals surface area contributed by atoms with E-state index in [2.05, 4.69) is 22.3 Å².